The van der Waals surface area contributed by atoms with Gasteiger partial charge >= 0.3 is 0 Å². The number of rotatable bonds is 9. The quantitative estimate of drug-likeness (QED) is 0.450. The molecule has 0 aromatic rings. The molecule has 16 heavy (non-hydrogen) atoms. The monoisotopic (exact) mass is 230 g/mol. The Kier molecular flexibility index (Phi) is 7.81. The van der Waals surface area contributed by atoms with Crippen molar-refractivity contribution in [1.82, 2.24) is 0 Å². The van der Waals surface area contributed by atoms with Crippen molar-refractivity contribution < 1.29 is 14.2 Å². The molecule has 3 nitrogen and oxygen atoms in total. The van der Waals surface area contributed by atoms with Gasteiger partial charge in [-0.05, 0) is 25.7 Å². The van der Waals surface area contributed by atoms with E-state index in [2.05, 4.69) is 13.8 Å². The van der Waals surface area contributed by atoms with Gasteiger partial charge in [-0.1, -0.05) is 26.7 Å². The molecular weight excluding hydrogens is 204 g/mol. The zero-order valence-corrected chi connectivity index (χ0v) is 10.7. The molecule has 0 aromatic carbocycles. The average Bonchev–Trinajstić information content (AvgIpc) is 2.81. The van der Waals surface area contributed by atoms with Crippen LogP contribution in [0.1, 0.15) is 52.4 Å². The van der Waals surface area contributed by atoms with Crippen LogP contribution in [-0.2, 0) is 14.2 Å². The minimum atomic E-state index is -0.138. The fourth-order valence-corrected chi connectivity index (χ4v) is 1.77. The summed E-state index contributed by atoms with van der Waals surface area (Å²) >= 11 is 0. The van der Waals surface area contributed by atoms with Crippen LogP contribution >= 0.6 is 0 Å². The molecule has 0 N–H and O–H groups in total. The van der Waals surface area contributed by atoms with E-state index in [4.69, 9.17) is 14.2 Å². The molecule has 1 heterocycles. The van der Waals surface area contributed by atoms with Crippen LogP contribution in [0.5, 0.6) is 0 Å². The Morgan fingerprint density at radius 2 is 1.75 bits per heavy atom. The van der Waals surface area contributed by atoms with Crippen molar-refractivity contribution in [3.63, 3.8) is 0 Å². The molecule has 1 rings (SSSR count). The maximum atomic E-state index is 5.77. The lowest BCUT2D eigenvalue weighted by Gasteiger charge is -2.23. The van der Waals surface area contributed by atoms with Crippen LogP contribution in [0.4, 0.5) is 0 Å². The molecule has 1 aliphatic heterocycles. The van der Waals surface area contributed by atoms with Crippen LogP contribution in [0, 0.1) is 0 Å². The lowest BCUT2D eigenvalue weighted by atomic mass is 10.2. The van der Waals surface area contributed by atoms with Crippen molar-refractivity contribution in [1.29, 1.82) is 0 Å². The average molecular weight is 230 g/mol. The first kappa shape index (κ1) is 13.9. The van der Waals surface area contributed by atoms with Crippen molar-refractivity contribution in [2.45, 2.75) is 64.8 Å². The highest BCUT2D eigenvalue weighted by Crippen LogP contribution is 2.19. The van der Waals surface area contributed by atoms with Gasteiger partial charge in [-0.15, -0.1) is 0 Å². The Hall–Kier alpha value is -0.120. The van der Waals surface area contributed by atoms with Crippen LogP contribution in [-0.4, -0.2) is 32.2 Å². The maximum Gasteiger partial charge on any atom is 0.183 e. The number of hydrogen-bond acceptors (Lipinski definition) is 3. The fraction of sp³-hybridized carbons (Fsp3) is 1.00. The summed E-state index contributed by atoms with van der Waals surface area (Å²) in [5.41, 5.74) is 0. The molecule has 0 bridgehead atoms. The maximum absolute atomic E-state index is 5.77. The van der Waals surface area contributed by atoms with E-state index < -0.39 is 0 Å². The fourth-order valence-electron chi connectivity index (χ4n) is 1.77. The second kappa shape index (κ2) is 8.97. The molecule has 3 heteroatoms. The van der Waals surface area contributed by atoms with E-state index in [0.29, 0.717) is 0 Å². The lowest BCUT2D eigenvalue weighted by Crippen LogP contribution is -2.32. The third-order valence-electron chi connectivity index (χ3n) is 2.83. The van der Waals surface area contributed by atoms with Gasteiger partial charge in [0.1, 0.15) is 6.10 Å². The largest absolute Gasteiger partial charge is 0.373 e. The minimum Gasteiger partial charge on any atom is -0.373 e. The lowest BCUT2D eigenvalue weighted by molar-refractivity contribution is -0.197. The molecule has 0 amide bonds. The molecule has 1 saturated heterocycles. The summed E-state index contributed by atoms with van der Waals surface area (Å²) < 4.78 is 17.2. The molecular formula is C13H26O3. The molecule has 1 fully saturated rings. The first-order chi connectivity index (χ1) is 7.88. The highest BCUT2D eigenvalue weighted by atomic mass is 16.7. The second-order valence-corrected chi connectivity index (χ2v) is 4.37. The van der Waals surface area contributed by atoms with Crippen LogP contribution in [0.25, 0.3) is 0 Å². The summed E-state index contributed by atoms with van der Waals surface area (Å²) in [6.07, 6.45) is 6.74. The zero-order chi connectivity index (χ0) is 11.6. The predicted octanol–water partition coefficient (Wildman–Crippen LogP) is 3.12. The van der Waals surface area contributed by atoms with Gasteiger partial charge in [-0.3, -0.25) is 0 Å². The zero-order valence-electron chi connectivity index (χ0n) is 10.7. The van der Waals surface area contributed by atoms with E-state index in [1.807, 2.05) is 0 Å². The summed E-state index contributed by atoms with van der Waals surface area (Å²) in [5, 5.41) is 0. The number of ether oxygens (including phenoxy) is 3. The Morgan fingerprint density at radius 3 is 2.19 bits per heavy atom. The molecule has 0 aromatic heterocycles. The molecule has 96 valence electrons. The van der Waals surface area contributed by atoms with Crippen LogP contribution in [0.15, 0.2) is 0 Å². The summed E-state index contributed by atoms with van der Waals surface area (Å²) in [5.74, 6) is 0. The van der Waals surface area contributed by atoms with Gasteiger partial charge in [0.15, 0.2) is 6.29 Å². The van der Waals surface area contributed by atoms with Crippen LogP contribution < -0.4 is 0 Å². The van der Waals surface area contributed by atoms with Crippen molar-refractivity contribution in [2.75, 3.05) is 19.8 Å². The van der Waals surface area contributed by atoms with Crippen molar-refractivity contribution in [3.05, 3.63) is 0 Å². The SMILES string of the molecule is CCCCOC(OCCCC)C1CCCO1. The van der Waals surface area contributed by atoms with Crippen LogP contribution in [0.3, 0.4) is 0 Å². The van der Waals surface area contributed by atoms with Gasteiger partial charge in [-0.2, -0.15) is 0 Å². The van der Waals surface area contributed by atoms with Crippen molar-refractivity contribution in [2.24, 2.45) is 0 Å². The van der Waals surface area contributed by atoms with Gasteiger partial charge in [0.2, 0.25) is 0 Å². The van der Waals surface area contributed by atoms with Gasteiger partial charge < -0.3 is 14.2 Å². The molecule has 0 radical (unpaired) electrons. The molecule has 0 saturated carbocycles. The molecule has 0 spiro atoms. The van der Waals surface area contributed by atoms with E-state index in [-0.39, 0.29) is 12.4 Å². The second-order valence-electron chi connectivity index (χ2n) is 4.37. The Balaban J connectivity index is 2.22. The van der Waals surface area contributed by atoms with E-state index in [0.717, 1.165) is 58.3 Å². The third kappa shape index (κ3) is 5.28. The Bertz CT molecular complexity index is 145. The highest BCUT2D eigenvalue weighted by molar-refractivity contribution is 4.69. The topological polar surface area (TPSA) is 27.7 Å². The molecule has 1 aliphatic rings. The Labute approximate surface area is 99.5 Å². The summed E-state index contributed by atoms with van der Waals surface area (Å²) in [7, 11) is 0. The number of hydrogen-bond donors (Lipinski definition) is 0. The summed E-state index contributed by atoms with van der Waals surface area (Å²) in [6, 6.07) is 0. The van der Waals surface area contributed by atoms with Gasteiger partial charge in [0.25, 0.3) is 0 Å². The van der Waals surface area contributed by atoms with Gasteiger partial charge in [-0.25, -0.2) is 0 Å². The van der Waals surface area contributed by atoms with Crippen molar-refractivity contribution in [3.8, 4) is 0 Å². The first-order valence-corrected chi connectivity index (χ1v) is 6.73. The molecule has 0 aliphatic carbocycles. The summed E-state index contributed by atoms with van der Waals surface area (Å²) in [6.45, 7) is 6.76. The third-order valence-corrected chi connectivity index (χ3v) is 2.83. The molecule has 1 atom stereocenters. The van der Waals surface area contributed by atoms with Crippen molar-refractivity contribution >= 4 is 0 Å². The minimum absolute atomic E-state index is 0.138. The number of unbranched alkanes of at least 4 members (excludes halogenated alkanes) is 2. The molecule has 1 unspecified atom stereocenters. The van der Waals surface area contributed by atoms with Crippen LogP contribution in [0.2, 0.25) is 0 Å². The van der Waals surface area contributed by atoms with Gasteiger partial charge in [0, 0.05) is 19.8 Å². The Morgan fingerprint density at radius 1 is 1.12 bits per heavy atom. The van der Waals surface area contributed by atoms with E-state index in [1.54, 1.807) is 0 Å². The smallest absolute Gasteiger partial charge is 0.183 e. The van der Waals surface area contributed by atoms with E-state index >= 15 is 0 Å². The van der Waals surface area contributed by atoms with Gasteiger partial charge in [0.05, 0.1) is 0 Å². The summed E-state index contributed by atoms with van der Waals surface area (Å²) in [4.78, 5) is 0. The standard InChI is InChI=1S/C13H26O3/c1-3-5-9-15-13(16-10-6-4-2)12-8-7-11-14-12/h12-13H,3-11H2,1-2H3. The predicted molar refractivity (Wildman–Crippen MR) is 64.5 cm³/mol. The highest BCUT2D eigenvalue weighted by Gasteiger charge is 2.27. The normalized spacial score (nSPS) is 20.8. The first-order valence-electron chi connectivity index (χ1n) is 6.73. The van der Waals surface area contributed by atoms with E-state index in [9.17, 15) is 0 Å². The van der Waals surface area contributed by atoms with E-state index in [1.165, 1.54) is 0 Å².